The lowest BCUT2D eigenvalue weighted by Crippen LogP contribution is -2.12. The number of hydrogen-bond acceptors (Lipinski definition) is 1. The molecule has 58 heavy (non-hydrogen) atoms. The van der Waals surface area contributed by atoms with Crippen molar-refractivity contribution in [3.8, 4) is 39.1 Å². The van der Waals surface area contributed by atoms with E-state index in [0.29, 0.717) is 0 Å². The number of hydrogen-bond donors (Lipinski definition) is 0. The number of fused-ring (bicyclic) bond motifs is 5. The molecule has 0 N–H and O–H groups in total. The normalized spacial score (nSPS) is 11.4. The number of para-hydroxylation sites is 2. The summed E-state index contributed by atoms with van der Waals surface area (Å²) in [4.78, 5) is 2.46. The van der Waals surface area contributed by atoms with Gasteiger partial charge in [0, 0.05) is 38.4 Å². The minimum absolute atomic E-state index is 1.09. The van der Waals surface area contributed by atoms with E-state index in [4.69, 9.17) is 0 Å². The molecule has 0 saturated carbocycles. The van der Waals surface area contributed by atoms with E-state index in [1.807, 2.05) is 0 Å². The van der Waals surface area contributed by atoms with E-state index in [2.05, 4.69) is 240 Å². The van der Waals surface area contributed by atoms with Gasteiger partial charge in [0.2, 0.25) is 0 Å². The summed E-state index contributed by atoms with van der Waals surface area (Å²) in [5.74, 6) is 0. The lowest BCUT2D eigenvalue weighted by atomic mass is 9.97. The smallest absolute Gasteiger partial charge is 0.0618 e. The Balaban J connectivity index is 1.19. The molecular weight excluding hydrogens is 701 g/mol. The highest BCUT2D eigenvalue weighted by molar-refractivity contribution is 6.13. The summed E-state index contributed by atoms with van der Waals surface area (Å²) in [5, 5.41) is 7.27. The van der Waals surface area contributed by atoms with Gasteiger partial charge in [-0.3, -0.25) is 0 Å². The van der Waals surface area contributed by atoms with Crippen LogP contribution in [-0.4, -0.2) is 4.57 Å². The average molecular weight is 739 g/mol. The summed E-state index contributed by atoms with van der Waals surface area (Å²) in [5.41, 5.74) is 14.0. The van der Waals surface area contributed by atoms with Gasteiger partial charge in [0.25, 0.3) is 0 Å². The topological polar surface area (TPSA) is 8.17 Å². The highest BCUT2D eigenvalue weighted by Crippen LogP contribution is 2.46. The molecule has 10 aromatic carbocycles. The number of anilines is 3. The Morgan fingerprint density at radius 1 is 0.293 bits per heavy atom. The highest BCUT2D eigenvalue weighted by Gasteiger charge is 2.23. The lowest BCUT2D eigenvalue weighted by molar-refractivity contribution is 1.19. The van der Waals surface area contributed by atoms with Crippen molar-refractivity contribution in [2.24, 2.45) is 0 Å². The molecule has 0 unspecified atom stereocenters. The van der Waals surface area contributed by atoms with Crippen LogP contribution in [0.2, 0.25) is 0 Å². The van der Waals surface area contributed by atoms with Crippen molar-refractivity contribution in [2.75, 3.05) is 4.90 Å². The molecule has 0 spiro atoms. The average Bonchev–Trinajstić information content (AvgIpc) is 3.63. The van der Waals surface area contributed by atoms with Gasteiger partial charge in [0.1, 0.15) is 0 Å². The molecule has 1 aromatic heterocycles. The van der Waals surface area contributed by atoms with Crippen LogP contribution in [-0.2, 0) is 0 Å². The molecule has 0 amide bonds. The van der Waals surface area contributed by atoms with E-state index in [0.717, 1.165) is 28.1 Å². The fraction of sp³-hybridized carbons (Fsp3) is 0. The van der Waals surface area contributed by atoms with Crippen LogP contribution in [0.5, 0.6) is 0 Å². The molecule has 2 nitrogen and oxygen atoms in total. The highest BCUT2D eigenvalue weighted by atomic mass is 15.1. The van der Waals surface area contributed by atoms with E-state index in [1.54, 1.807) is 0 Å². The molecular formula is C56H38N2. The molecule has 11 rings (SSSR count). The Morgan fingerprint density at radius 2 is 0.828 bits per heavy atom. The first-order valence-electron chi connectivity index (χ1n) is 19.9. The third kappa shape index (κ3) is 5.66. The lowest BCUT2D eigenvalue weighted by Gasteiger charge is -2.29. The fourth-order valence-corrected chi connectivity index (χ4v) is 8.88. The van der Waals surface area contributed by atoms with Crippen LogP contribution >= 0.6 is 0 Å². The summed E-state index contributed by atoms with van der Waals surface area (Å²) in [6.45, 7) is 0. The van der Waals surface area contributed by atoms with E-state index in [1.165, 1.54) is 71.3 Å². The van der Waals surface area contributed by atoms with Gasteiger partial charge in [-0.1, -0.05) is 200 Å². The van der Waals surface area contributed by atoms with Crippen molar-refractivity contribution in [3.63, 3.8) is 0 Å². The number of aromatic nitrogens is 1. The van der Waals surface area contributed by atoms with Gasteiger partial charge in [-0.25, -0.2) is 0 Å². The van der Waals surface area contributed by atoms with Crippen LogP contribution in [0.15, 0.2) is 231 Å². The molecule has 1 heterocycles. The van der Waals surface area contributed by atoms with E-state index in [9.17, 15) is 0 Å². The zero-order chi connectivity index (χ0) is 38.4. The summed E-state index contributed by atoms with van der Waals surface area (Å²) in [6, 6.07) is 83.8. The Morgan fingerprint density at radius 3 is 1.62 bits per heavy atom. The van der Waals surface area contributed by atoms with Crippen LogP contribution in [0.3, 0.4) is 0 Å². The van der Waals surface area contributed by atoms with Crippen LogP contribution in [0.4, 0.5) is 17.1 Å². The molecule has 0 bridgehead atoms. The van der Waals surface area contributed by atoms with Gasteiger partial charge >= 0.3 is 0 Å². The molecule has 272 valence electrons. The first kappa shape index (κ1) is 33.6. The number of benzene rings is 10. The van der Waals surface area contributed by atoms with Gasteiger partial charge < -0.3 is 9.47 Å². The molecule has 0 fully saturated rings. The first-order valence-corrected chi connectivity index (χ1v) is 19.9. The molecule has 0 aliphatic rings. The standard InChI is InChI=1S/C56H38N2/c1-3-16-39(17-4-1)40-30-32-44(33-31-40)47-24-11-13-27-52(47)57(53-29-15-22-41-20-7-9-23-46(41)53)45-35-37-51-50-26-12-14-28-54(50)58(55(51)38-45)56-48-25-10-8-21-43(48)34-36-49(56)42-18-5-2-6-19-42/h1-38H. The van der Waals surface area contributed by atoms with Gasteiger partial charge in [0.15, 0.2) is 0 Å². The largest absolute Gasteiger partial charge is 0.309 e. The van der Waals surface area contributed by atoms with Gasteiger partial charge in [-0.15, -0.1) is 0 Å². The Labute approximate surface area is 338 Å². The van der Waals surface area contributed by atoms with E-state index >= 15 is 0 Å². The van der Waals surface area contributed by atoms with Gasteiger partial charge in [-0.05, 0) is 63.4 Å². The third-order valence-corrected chi connectivity index (χ3v) is 11.6. The van der Waals surface area contributed by atoms with Crippen molar-refractivity contribution >= 4 is 60.4 Å². The maximum Gasteiger partial charge on any atom is 0.0618 e. The minimum Gasteiger partial charge on any atom is -0.309 e. The van der Waals surface area contributed by atoms with E-state index in [-0.39, 0.29) is 0 Å². The summed E-state index contributed by atoms with van der Waals surface area (Å²) in [6.07, 6.45) is 0. The zero-order valence-corrected chi connectivity index (χ0v) is 31.8. The Kier molecular flexibility index (Phi) is 8.19. The van der Waals surface area contributed by atoms with Crippen LogP contribution < -0.4 is 4.90 Å². The van der Waals surface area contributed by atoms with Crippen molar-refractivity contribution < 1.29 is 0 Å². The molecule has 0 atom stereocenters. The summed E-state index contributed by atoms with van der Waals surface area (Å²) >= 11 is 0. The molecule has 0 aliphatic carbocycles. The SMILES string of the molecule is c1ccc(-c2ccc(-c3ccccc3N(c3ccc4c5ccccc5n(-c5c(-c6ccccc6)ccc6ccccc56)c4c3)c3cccc4ccccc34)cc2)cc1. The Hall–Kier alpha value is -7.68. The van der Waals surface area contributed by atoms with E-state index < -0.39 is 0 Å². The number of nitrogens with zero attached hydrogens (tertiary/aromatic N) is 2. The monoisotopic (exact) mass is 738 g/mol. The predicted octanol–water partition coefficient (Wildman–Crippen LogP) is 15.6. The zero-order valence-electron chi connectivity index (χ0n) is 31.8. The second-order valence-corrected chi connectivity index (χ2v) is 14.9. The fourth-order valence-electron chi connectivity index (χ4n) is 8.88. The molecule has 0 saturated heterocycles. The van der Waals surface area contributed by atoms with Crippen molar-refractivity contribution in [2.45, 2.75) is 0 Å². The molecule has 2 heteroatoms. The van der Waals surface area contributed by atoms with Crippen molar-refractivity contribution in [1.82, 2.24) is 4.57 Å². The summed E-state index contributed by atoms with van der Waals surface area (Å²) < 4.78 is 2.51. The second kappa shape index (κ2) is 14.1. The molecule has 0 radical (unpaired) electrons. The Bertz CT molecular complexity index is 3260. The minimum atomic E-state index is 1.09. The maximum absolute atomic E-state index is 2.51. The third-order valence-electron chi connectivity index (χ3n) is 11.6. The van der Waals surface area contributed by atoms with Gasteiger partial charge in [-0.2, -0.15) is 0 Å². The molecule has 11 aromatic rings. The van der Waals surface area contributed by atoms with Crippen LogP contribution in [0, 0.1) is 0 Å². The van der Waals surface area contributed by atoms with Crippen molar-refractivity contribution in [1.29, 1.82) is 0 Å². The first-order chi connectivity index (χ1) is 28.8. The predicted molar refractivity (Wildman–Crippen MR) is 247 cm³/mol. The second-order valence-electron chi connectivity index (χ2n) is 14.9. The molecule has 0 aliphatic heterocycles. The quantitative estimate of drug-likeness (QED) is 0.158. The van der Waals surface area contributed by atoms with Crippen LogP contribution in [0.1, 0.15) is 0 Å². The van der Waals surface area contributed by atoms with Crippen molar-refractivity contribution in [3.05, 3.63) is 231 Å². The van der Waals surface area contributed by atoms with Crippen LogP contribution in [0.25, 0.3) is 82.4 Å². The van der Waals surface area contributed by atoms with Gasteiger partial charge in [0.05, 0.1) is 28.1 Å². The maximum atomic E-state index is 2.51. The number of rotatable bonds is 7. The summed E-state index contributed by atoms with van der Waals surface area (Å²) in [7, 11) is 0.